The molecule has 4 N–H and O–H groups in total. The molecule has 1 aromatic heterocycles. The highest BCUT2D eigenvalue weighted by Crippen LogP contribution is 2.19. The maximum Gasteiger partial charge on any atom is 0.270 e. The molecule has 0 radical (unpaired) electrons. The Morgan fingerprint density at radius 1 is 1.29 bits per heavy atom. The summed E-state index contributed by atoms with van der Waals surface area (Å²) in [5.41, 5.74) is 2.94. The molecule has 1 saturated heterocycles. The number of β-amino-alcohol motifs (C(OH)–C–C–N with tert-alkyl or cyclic N) is 1. The monoisotopic (exact) mass is 469 g/mol. The number of fused-ring (bicyclic) bond motifs is 1. The first kappa shape index (κ1) is 24.3. The minimum atomic E-state index is -0.668. The molecule has 1 atom stereocenters. The van der Waals surface area contributed by atoms with E-state index in [1.54, 1.807) is 6.07 Å². The fraction of sp³-hybridized carbons (Fsp3) is 0.542. The van der Waals surface area contributed by atoms with Gasteiger partial charge in [-0.15, -0.1) is 0 Å². The van der Waals surface area contributed by atoms with Crippen molar-refractivity contribution in [1.29, 1.82) is 0 Å². The van der Waals surface area contributed by atoms with Crippen LogP contribution in [0.5, 0.6) is 0 Å². The van der Waals surface area contributed by atoms with Gasteiger partial charge in [0.1, 0.15) is 11.5 Å². The average molecular weight is 470 g/mol. The second kappa shape index (κ2) is 11.6. The third-order valence-electron chi connectivity index (χ3n) is 6.15. The van der Waals surface area contributed by atoms with E-state index in [2.05, 4.69) is 49.0 Å². The summed E-state index contributed by atoms with van der Waals surface area (Å²) in [4.78, 5) is 26.1. The van der Waals surface area contributed by atoms with Crippen molar-refractivity contribution in [3.63, 3.8) is 0 Å². The summed E-state index contributed by atoms with van der Waals surface area (Å²) in [6.45, 7) is 5.07. The van der Waals surface area contributed by atoms with Crippen LogP contribution in [0.25, 0.3) is 0 Å². The van der Waals surface area contributed by atoms with Crippen molar-refractivity contribution < 1.29 is 14.6 Å². The van der Waals surface area contributed by atoms with Crippen LogP contribution in [-0.4, -0.2) is 98.1 Å². The van der Waals surface area contributed by atoms with Crippen LogP contribution < -0.4 is 20.9 Å². The van der Waals surface area contributed by atoms with Crippen molar-refractivity contribution in [2.45, 2.75) is 25.1 Å². The molecule has 1 fully saturated rings. The topological polar surface area (TPSA) is 115 Å². The number of carbonyl (C=O) groups is 1. The van der Waals surface area contributed by atoms with Gasteiger partial charge in [0.2, 0.25) is 5.95 Å². The number of hydrogen-bond acceptors (Lipinski definition) is 9. The van der Waals surface area contributed by atoms with Crippen molar-refractivity contribution in [2.24, 2.45) is 0 Å². The number of benzene rings is 1. The molecule has 0 bridgehead atoms. The lowest BCUT2D eigenvalue weighted by atomic mass is 10.00. The number of likely N-dealkylation sites (N-methyl/N-ethyl adjacent to an activating group) is 2. The molecule has 2 aliphatic heterocycles. The van der Waals surface area contributed by atoms with Gasteiger partial charge in [0.15, 0.2) is 0 Å². The minimum absolute atomic E-state index is 0.158. The molecule has 1 unspecified atom stereocenters. The molecule has 34 heavy (non-hydrogen) atoms. The van der Waals surface area contributed by atoms with E-state index in [9.17, 15) is 9.90 Å². The van der Waals surface area contributed by atoms with Gasteiger partial charge in [0.05, 0.1) is 25.4 Å². The highest BCUT2D eigenvalue weighted by atomic mass is 16.5. The molecule has 184 valence electrons. The van der Waals surface area contributed by atoms with Gasteiger partial charge < -0.3 is 30.7 Å². The summed E-state index contributed by atoms with van der Waals surface area (Å²) < 4.78 is 5.23. The summed E-state index contributed by atoms with van der Waals surface area (Å²) >= 11 is 0. The Kier molecular flexibility index (Phi) is 8.28. The largest absolute Gasteiger partial charge is 0.390 e. The average Bonchev–Trinajstić information content (AvgIpc) is 2.83. The summed E-state index contributed by atoms with van der Waals surface area (Å²) in [5.74, 6) is 0.729. The molecule has 10 nitrogen and oxygen atoms in total. The van der Waals surface area contributed by atoms with E-state index < -0.39 is 6.10 Å². The molecule has 0 aliphatic carbocycles. The molecule has 4 rings (SSSR count). The van der Waals surface area contributed by atoms with Gasteiger partial charge in [-0.1, -0.05) is 24.3 Å². The van der Waals surface area contributed by atoms with Gasteiger partial charge in [-0.05, 0) is 24.6 Å². The maximum atomic E-state index is 12.9. The third-order valence-corrected chi connectivity index (χ3v) is 6.15. The predicted molar refractivity (Wildman–Crippen MR) is 131 cm³/mol. The number of carbonyl (C=O) groups excluding carboxylic acids is 1. The van der Waals surface area contributed by atoms with E-state index in [-0.39, 0.29) is 24.2 Å². The Morgan fingerprint density at radius 2 is 2.09 bits per heavy atom. The molecule has 0 saturated carbocycles. The van der Waals surface area contributed by atoms with Crippen molar-refractivity contribution >= 4 is 17.7 Å². The van der Waals surface area contributed by atoms with E-state index in [0.717, 1.165) is 26.1 Å². The fourth-order valence-corrected chi connectivity index (χ4v) is 4.08. The lowest BCUT2D eigenvalue weighted by molar-refractivity contribution is 0.0209. The Bertz CT molecular complexity index is 969. The summed E-state index contributed by atoms with van der Waals surface area (Å²) in [6, 6.07) is 10.2. The molecule has 3 heterocycles. The Morgan fingerprint density at radius 3 is 2.82 bits per heavy atom. The lowest BCUT2D eigenvalue weighted by Gasteiger charge is -2.30. The first-order valence-corrected chi connectivity index (χ1v) is 11.9. The van der Waals surface area contributed by atoms with Gasteiger partial charge in [-0.3, -0.25) is 9.69 Å². The number of ether oxygens (including phenoxy) is 1. The zero-order chi connectivity index (χ0) is 23.9. The molecule has 1 amide bonds. The molecular weight excluding hydrogens is 434 g/mol. The fourth-order valence-electron chi connectivity index (χ4n) is 4.08. The minimum Gasteiger partial charge on any atom is -0.390 e. The number of aliphatic hydroxyl groups is 1. The van der Waals surface area contributed by atoms with Crippen LogP contribution in [0.4, 0.5) is 11.8 Å². The predicted octanol–water partition coefficient (Wildman–Crippen LogP) is 0.0919. The molecule has 1 aromatic carbocycles. The van der Waals surface area contributed by atoms with Crippen LogP contribution in [0, 0.1) is 0 Å². The Labute approximate surface area is 200 Å². The number of hydrogen-bond donors (Lipinski definition) is 4. The van der Waals surface area contributed by atoms with E-state index in [0.29, 0.717) is 38.1 Å². The number of amides is 1. The SMILES string of the molecule is CNCCN(C)c1nc(NC2COC2)cc(C(=O)NCC(O)CN2CCc3ccccc3C2)n1. The normalized spacial score (nSPS) is 16.9. The summed E-state index contributed by atoms with van der Waals surface area (Å²) in [6.07, 6.45) is 0.306. The summed E-state index contributed by atoms with van der Waals surface area (Å²) in [5, 5.41) is 19.8. The number of nitrogens with one attached hydrogen (secondary N) is 3. The molecule has 2 aliphatic rings. The molecule has 0 spiro atoms. The van der Waals surface area contributed by atoms with Gasteiger partial charge in [-0.25, -0.2) is 4.98 Å². The smallest absolute Gasteiger partial charge is 0.270 e. The van der Waals surface area contributed by atoms with Crippen LogP contribution in [-0.2, 0) is 17.7 Å². The van der Waals surface area contributed by atoms with Crippen LogP contribution in [0.1, 0.15) is 21.6 Å². The molecule has 10 heteroatoms. The Hall–Kier alpha value is -2.79. The van der Waals surface area contributed by atoms with Gasteiger partial charge in [0, 0.05) is 52.4 Å². The second-order valence-electron chi connectivity index (χ2n) is 8.96. The first-order chi connectivity index (χ1) is 16.5. The van der Waals surface area contributed by atoms with Crippen LogP contribution in [0.15, 0.2) is 30.3 Å². The zero-order valence-corrected chi connectivity index (χ0v) is 20.0. The zero-order valence-electron chi connectivity index (χ0n) is 20.0. The number of nitrogens with zero attached hydrogens (tertiary/aromatic N) is 4. The molecular formula is C24H35N7O3. The van der Waals surface area contributed by atoms with E-state index >= 15 is 0 Å². The quantitative estimate of drug-likeness (QED) is 0.364. The van der Waals surface area contributed by atoms with Gasteiger partial charge in [-0.2, -0.15) is 4.98 Å². The maximum absolute atomic E-state index is 12.9. The second-order valence-corrected chi connectivity index (χ2v) is 8.96. The van der Waals surface area contributed by atoms with Crippen molar-refractivity contribution in [3.8, 4) is 0 Å². The van der Waals surface area contributed by atoms with Crippen molar-refractivity contribution in [1.82, 2.24) is 25.5 Å². The number of aliphatic hydroxyl groups excluding tert-OH is 1. The number of aromatic nitrogens is 2. The Balaban J connectivity index is 1.35. The molecule has 2 aromatic rings. The van der Waals surface area contributed by atoms with Gasteiger partial charge in [0.25, 0.3) is 5.91 Å². The van der Waals surface area contributed by atoms with Crippen LogP contribution in [0.3, 0.4) is 0 Å². The highest BCUT2D eigenvalue weighted by molar-refractivity contribution is 5.93. The third kappa shape index (κ3) is 6.41. The standard InChI is InChI=1S/C24H35N7O3/c1-25-8-10-30(2)24-28-21(11-22(29-24)27-19-15-34-16-19)23(33)26-12-20(32)14-31-9-7-17-5-3-4-6-18(17)13-31/h3-6,11,19-20,25,32H,7-10,12-16H2,1-2H3,(H,26,33)(H,27,28,29). The van der Waals surface area contributed by atoms with Crippen LogP contribution >= 0.6 is 0 Å². The van der Waals surface area contributed by atoms with E-state index in [1.165, 1.54) is 11.1 Å². The first-order valence-electron chi connectivity index (χ1n) is 11.9. The van der Waals surface area contributed by atoms with Gasteiger partial charge >= 0.3 is 0 Å². The van der Waals surface area contributed by atoms with E-state index in [1.807, 2.05) is 25.1 Å². The van der Waals surface area contributed by atoms with E-state index in [4.69, 9.17) is 4.74 Å². The number of rotatable bonds is 11. The van der Waals surface area contributed by atoms with Crippen molar-refractivity contribution in [3.05, 3.63) is 47.2 Å². The van der Waals surface area contributed by atoms with Crippen molar-refractivity contribution in [2.75, 3.05) is 70.2 Å². The van der Waals surface area contributed by atoms with Crippen LogP contribution in [0.2, 0.25) is 0 Å². The lowest BCUT2D eigenvalue weighted by Crippen LogP contribution is -2.42. The summed E-state index contributed by atoms with van der Waals surface area (Å²) in [7, 11) is 3.78. The number of anilines is 2. The highest BCUT2D eigenvalue weighted by Gasteiger charge is 2.22.